The Labute approximate surface area is 111 Å². The van der Waals surface area contributed by atoms with Gasteiger partial charge < -0.3 is 13.9 Å². The molecule has 0 bridgehead atoms. The van der Waals surface area contributed by atoms with Gasteiger partial charge in [0.1, 0.15) is 11.7 Å². The third-order valence-corrected chi connectivity index (χ3v) is 5.04. The summed E-state index contributed by atoms with van der Waals surface area (Å²) in [6.45, 7) is 4.22. The maximum absolute atomic E-state index is 12.1. The topological polar surface area (TPSA) is 52.0 Å². The molecule has 4 atom stereocenters. The molecule has 1 spiro atoms. The molecule has 0 N–H and O–H groups in total. The fourth-order valence-corrected chi connectivity index (χ4v) is 3.97. The van der Waals surface area contributed by atoms with E-state index in [2.05, 4.69) is 19.9 Å². The van der Waals surface area contributed by atoms with E-state index in [1.165, 1.54) is 0 Å². The molecular formula is C15H16O4. The molecule has 3 aliphatic rings. The van der Waals surface area contributed by atoms with Crippen molar-refractivity contribution in [3.63, 3.8) is 0 Å². The van der Waals surface area contributed by atoms with Gasteiger partial charge in [0.15, 0.2) is 6.10 Å². The van der Waals surface area contributed by atoms with Gasteiger partial charge in [0.05, 0.1) is 12.5 Å². The van der Waals surface area contributed by atoms with Crippen LogP contribution in [0, 0.1) is 5.41 Å². The maximum Gasteiger partial charge on any atom is 0.339 e. The number of hydrogen-bond donors (Lipinski definition) is 0. The minimum absolute atomic E-state index is 0.214. The Morgan fingerprint density at radius 1 is 1.37 bits per heavy atom. The lowest BCUT2D eigenvalue weighted by molar-refractivity contribution is -0.166. The summed E-state index contributed by atoms with van der Waals surface area (Å²) in [5.41, 5.74) is 1.41. The van der Waals surface area contributed by atoms with E-state index in [0.29, 0.717) is 0 Å². The van der Waals surface area contributed by atoms with Gasteiger partial charge in [-0.05, 0) is 31.4 Å². The van der Waals surface area contributed by atoms with Crippen molar-refractivity contribution < 1.29 is 18.7 Å². The van der Waals surface area contributed by atoms with E-state index < -0.39 is 11.7 Å². The van der Waals surface area contributed by atoms with E-state index in [1.54, 1.807) is 12.5 Å². The molecule has 4 nitrogen and oxygen atoms in total. The van der Waals surface area contributed by atoms with Crippen LogP contribution in [0.5, 0.6) is 0 Å². The summed E-state index contributed by atoms with van der Waals surface area (Å²) in [7, 11) is 0. The number of carbonyl (C=O) groups is 1. The monoisotopic (exact) mass is 260 g/mol. The first kappa shape index (κ1) is 11.3. The minimum atomic E-state index is -0.456. The predicted octanol–water partition coefficient (Wildman–Crippen LogP) is 2.76. The van der Waals surface area contributed by atoms with Gasteiger partial charge >= 0.3 is 5.97 Å². The Balaban J connectivity index is 1.86. The normalized spacial score (nSPS) is 43.9. The minimum Gasteiger partial charge on any atom is -0.472 e. The molecule has 0 amide bonds. The number of allylic oxidation sites excluding steroid dienone is 1. The van der Waals surface area contributed by atoms with Crippen LogP contribution < -0.4 is 0 Å². The van der Waals surface area contributed by atoms with Crippen molar-refractivity contribution in [3.8, 4) is 0 Å². The second-order valence-corrected chi connectivity index (χ2v) is 5.95. The number of furan rings is 1. The Bertz CT molecular complexity index is 573. The third kappa shape index (κ3) is 1.16. The molecule has 0 aromatic carbocycles. The van der Waals surface area contributed by atoms with Crippen molar-refractivity contribution in [2.45, 2.75) is 44.5 Å². The number of epoxide rings is 1. The van der Waals surface area contributed by atoms with Crippen molar-refractivity contribution >= 4 is 5.97 Å². The number of carbonyl (C=O) groups excluding carboxylic acids is 1. The van der Waals surface area contributed by atoms with Gasteiger partial charge in [-0.1, -0.05) is 13.0 Å². The molecule has 19 heavy (non-hydrogen) atoms. The van der Waals surface area contributed by atoms with Crippen LogP contribution >= 0.6 is 0 Å². The summed E-state index contributed by atoms with van der Waals surface area (Å²) in [6.07, 6.45) is 6.69. The fraction of sp³-hybridized carbons (Fsp3) is 0.533. The second kappa shape index (κ2) is 3.31. The van der Waals surface area contributed by atoms with Crippen molar-refractivity contribution in [2.24, 2.45) is 5.41 Å². The first-order valence-electron chi connectivity index (χ1n) is 6.67. The lowest BCUT2D eigenvalue weighted by Crippen LogP contribution is -2.51. The van der Waals surface area contributed by atoms with E-state index in [-0.39, 0.29) is 17.5 Å². The molecular weight excluding hydrogens is 244 g/mol. The molecule has 1 aromatic heterocycles. The van der Waals surface area contributed by atoms with Gasteiger partial charge in [-0.2, -0.15) is 0 Å². The Morgan fingerprint density at radius 2 is 2.21 bits per heavy atom. The lowest BCUT2D eigenvalue weighted by atomic mass is 9.60. The van der Waals surface area contributed by atoms with Crippen LogP contribution in [0.1, 0.15) is 38.4 Å². The summed E-state index contributed by atoms with van der Waals surface area (Å²) >= 11 is 0. The SMILES string of the molecule is CC1=CCC[C@@]2(C)[C@H](c3ccoc3)OC(=O)[C@H]3OC132. The number of esters is 1. The summed E-state index contributed by atoms with van der Waals surface area (Å²) in [5, 5.41) is 0. The van der Waals surface area contributed by atoms with Crippen LogP contribution in [-0.2, 0) is 14.3 Å². The van der Waals surface area contributed by atoms with Crippen molar-refractivity contribution in [1.29, 1.82) is 0 Å². The van der Waals surface area contributed by atoms with Gasteiger partial charge in [-0.15, -0.1) is 0 Å². The van der Waals surface area contributed by atoms with Crippen LogP contribution in [0.2, 0.25) is 0 Å². The summed E-state index contributed by atoms with van der Waals surface area (Å²) in [4.78, 5) is 12.1. The Morgan fingerprint density at radius 3 is 2.95 bits per heavy atom. The van der Waals surface area contributed by atoms with Crippen LogP contribution in [0.4, 0.5) is 0 Å². The molecule has 4 rings (SSSR count). The van der Waals surface area contributed by atoms with Gasteiger partial charge in [0.2, 0.25) is 0 Å². The molecule has 1 unspecified atom stereocenters. The van der Waals surface area contributed by atoms with Crippen LogP contribution in [0.3, 0.4) is 0 Å². The average molecular weight is 260 g/mol. The van der Waals surface area contributed by atoms with E-state index in [0.717, 1.165) is 24.0 Å². The molecule has 4 heteroatoms. The highest BCUT2D eigenvalue weighted by Gasteiger charge is 2.77. The van der Waals surface area contributed by atoms with E-state index in [4.69, 9.17) is 13.9 Å². The van der Waals surface area contributed by atoms with Crippen molar-refractivity contribution in [1.82, 2.24) is 0 Å². The van der Waals surface area contributed by atoms with E-state index in [9.17, 15) is 4.79 Å². The highest BCUT2D eigenvalue weighted by molar-refractivity contribution is 5.83. The predicted molar refractivity (Wildman–Crippen MR) is 66.2 cm³/mol. The lowest BCUT2D eigenvalue weighted by Gasteiger charge is -2.46. The third-order valence-electron chi connectivity index (χ3n) is 5.04. The zero-order chi connectivity index (χ0) is 13.3. The maximum atomic E-state index is 12.1. The largest absolute Gasteiger partial charge is 0.472 e. The standard InChI is InChI=1S/C15H16O4/c1-9-4-3-6-14(2)11(10-5-7-17-8-10)18-13(16)12-15(9,14)19-12/h4-5,7-8,11-12H,3,6H2,1-2H3/t11-,12+,14-,15?/m0/s1. The first-order chi connectivity index (χ1) is 9.09. The van der Waals surface area contributed by atoms with E-state index in [1.807, 2.05) is 6.07 Å². The molecule has 3 heterocycles. The summed E-state index contributed by atoms with van der Waals surface area (Å²) < 4.78 is 16.7. The number of rotatable bonds is 1. The molecule has 100 valence electrons. The van der Waals surface area contributed by atoms with Gasteiger partial charge in [0.25, 0.3) is 0 Å². The quantitative estimate of drug-likeness (QED) is 0.442. The highest BCUT2D eigenvalue weighted by atomic mass is 16.7. The average Bonchev–Trinajstić information content (AvgIpc) is 2.94. The first-order valence-corrected chi connectivity index (χ1v) is 6.67. The molecule has 0 radical (unpaired) electrons. The van der Waals surface area contributed by atoms with Crippen LogP contribution in [0.15, 0.2) is 34.7 Å². The van der Waals surface area contributed by atoms with E-state index >= 15 is 0 Å². The highest BCUT2D eigenvalue weighted by Crippen LogP contribution is 2.67. The molecule has 1 aliphatic carbocycles. The van der Waals surface area contributed by atoms with Gasteiger partial charge in [-0.25, -0.2) is 4.79 Å². The molecule has 1 aromatic rings. The molecule has 2 aliphatic heterocycles. The van der Waals surface area contributed by atoms with Crippen molar-refractivity contribution in [3.05, 3.63) is 35.8 Å². The summed E-state index contributed by atoms with van der Waals surface area (Å²) in [6, 6.07) is 1.87. The molecule has 2 saturated heterocycles. The van der Waals surface area contributed by atoms with Gasteiger partial charge in [-0.3, -0.25) is 0 Å². The number of ether oxygens (including phenoxy) is 2. The molecule has 0 saturated carbocycles. The Hall–Kier alpha value is -1.55. The summed E-state index contributed by atoms with van der Waals surface area (Å²) in [5.74, 6) is -0.252. The van der Waals surface area contributed by atoms with Crippen LogP contribution in [0.25, 0.3) is 0 Å². The van der Waals surface area contributed by atoms with Crippen LogP contribution in [-0.4, -0.2) is 17.7 Å². The second-order valence-electron chi connectivity index (χ2n) is 5.95. The van der Waals surface area contributed by atoms with Gasteiger partial charge in [0, 0.05) is 11.0 Å². The van der Waals surface area contributed by atoms with Crippen molar-refractivity contribution in [2.75, 3.05) is 0 Å². The fourth-order valence-electron chi connectivity index (χ4n) is 3.97. The number of hydrogen-bond acceptors (Lipinski definition) is 4. The zero-order valence-electron chi connectivity index (χ0n) is 11.0. The smallest absolute Gasteiger partial charge is 0.339 e. The number of cyclic esters (lactones) is 1. The molecule has 2 fully saturated rings. The zero-order valence-corrected chi connectivity index (χ0v) is 11.0. The Kier molecular flexibility index (Phi) is 1.97.